The van der Waals surface area contributed by atoms with Crippen molar-refractivity contribution < 1.29 is 19.5 Å². The molecule has 3 fully saturated rings. The molecule has 3 rings (SSSR count). The summed E-state index contributed by atoms with van der Waals surface area (Å²) in [6.45, 7) is 13.8. The number of nitrogens with zero attached hydrogens (tertiary/aromatic N) is 3. The van der Waals surface area contributed by atoms with E-state index in [0.717, 1.165) is 19.3 Å². The van der Waals surface area contributed by atoms with E-state index in [1.54, 1.807) is 40.8 Å². The second-order valence-electron chi connectivity index (χ2n) is 9.95. The zero-order chi connectivity index (χ0) is 25.0. The van der Waals surface area contributed by atoms with Gasteiger partial charge in [0.1, 0.15) is 6.04 Å². The Morgan fingerprint density at radius 3 is 2.53 bits per heavy atom. The molecule has 3 saturated heterocycles. The van der Waals surface area contributed by atoms with Gasteiger partial charge < -0.3 is 19.8 Å². The number of hydrogen-bond acceptors (Lipinski definition) is 5. The minimum atomic E-state index is -0.598. The quantitative estimate of drug-likeness (QED) is 0.316. The number of unbranched alkanes of at least 4 members (excludes halogenated alkanes) is 2. The maximum Gasteiger partial charge on any atom is 0.247 e. The molecular formula is C26H41N3O4S. The molecule has 3 amide bonds. The Kier molecular flexibility index (Phi) is 8.90. The number of hydrogen-bond donors (Lipinski definition) is 1. The Bertz CT molecular complexity index is 805. The number of rotatable bonds is 13. The number of thioether (sulfide) groups is 1. The Labute approximate surface area is 208 Å². The third-order valence-corrected chi connectivity index (χ3v) is 9.87. The van der Waals surface area contributed by atoms with Crippen LogP contribution in [0, 0.1) is 17.8 Å². The molecule has 0 radical (unpaired) electrons. The lowest BCUT2D eigenvalue weighted by Gasteiger charge is -2.41. The van der Waals surface area contributed by atoms with Crippen molar-refractivity contribution in [3.63, 3.8) is 0 Å². The Balaban J connectivity index is 2.03. The molecule has 3 heterocycles. The molecule has 8 heteroatoms. The lowest BCUT2D eigenvalue weighted by atomic mass is 9.65. The summed E-state index contributed by atoms with van der Waals surface area (Å²) in [5.41, 5.74) is 0. The second kappa shape index (κ2) is 11.3. The van der Waals surface area contributed by atoms with Gasteiger partial charge in [-0.15, -0.1) is 24.9 Å². The van der Waals surface area contributed by atoms with Crippen molar-refractivity contribution >= 4 is 29.5 Å². The number of fused-ring (bicyclic) bond motifs is 1. The van der Waals surface area contributed by atoms with E-state index in [2.05, 4.69) is 27.0 Å². The number of likely N-dealkylation sites (N-methyl/N-ethyl adjacent to an activating group) is 1. The molecule has 3 aliphatic rings. The summed E-state index contributed by atoms with van der Waals surface area (Å²) in [7, 11) is 1.76. The van der Waals surface area contributed by atoms with Crippen molar-refractivity contribution in [1.82, 2.24) is 14.7 Å². The first-order valence-corrected chi connectivity index (χ1v) is 13.5. The molecule has 190 valence electrons. The van der Waals surface area contributed by atoms with E-state index in [4.69, 9.17) is 0 Å². The molecule has 0 aliphatic carbocycles. The predicted molar refractivity (Wildman–Crippen MR) is 136 cm³/mol. The van der Waals surface area contributed by atoms with Crippen LogP contribution in [0.2, 0.25) is 0 Å². The van der Waals surface area contributed by atoms with Gasteiger partial charge >= 0.3 is 0 Å². The molecule has 1 spiro atoms. The predicted octanol–water partition coefficient (Wildman–Crippen LogP) is 2.56. The molecule has 0 aromatic rings. The largest absolute Gasteiger partial charge is 0.396 e. The second-order valence-corrected chi connectivity index (χ2v) is 11.5. The third-order valence-electron chi connectivity index (χ3n) is 7.79. The average molecular weight is 492 g/mol. The molecule has 1 N–H and O–H groups in total. The minimum Gasteiger partial charge on any atom is -0.396 e. The Morgan fingerprint density at radius 1 is 1.21 bits per heavy atom. The van der Waals surface area contributed by atoms with Crippen molar-refractivity contribution in [2.45, 2.75) is 62.0 Å². The zero-order valence-corrected chi connectivity index (χ0v) is 21.8. The standard InChI is InChI=1S/C26H41N3O4S/c1-6-9-14-28(13-8-3)25(33)22-26-18(4)17-19(34-26)20(23(31)27(5)12-7-2)21(26)24(32)29(22)15-10-11-16-30/h7-8,18-22,30H,2-3,6,9-17H2,1,4-5H3/t18?,19-,20+,21+,22?,26?/m1/s1. The lowest BCUT2D eigenvalue weighted by molar-refractivity contribution is -0.144. The summed E-state index contributed by atoms with van der Waals surface area (Å²) in [4.78, 5) is 46.8. The van der Waals surface area contributed by atoms with Crippen LogP contribution in [0.5, 0.6) is 0 Å². The van der Waals surface area contributed by atoms with Crippen LogP contribution in [0.4, 0.5) is 0 Å². The SMILES string of the molecule is C=CCN(C)C(=O)[C@@H]1[C@H]2C(=O)N(CCCCO)C(C(=O)N(CC=C)CCCC)C23S[C@@H]1CC3C. The number of aliphatic hydroxyl groups excluding tert-OH is 1. The highest BCUT2D eigenvalue weighted by Gasteiger charge is 2.76. The third kappa shape index (κ3) is 4.43. The first-order chi connectivity index (χ1) is 16.3. The van der Waals surface area contributed by atoms with Crippen molar-refractivity contribution in [3.8, 4) is 0 Å². The molecule has 0 aromatic heterocycles. The average Bonchev–Trinajstić information content (AvgIpc) is 3.40. The van der Waals surface area contributed by atoms with Gasteiger partial charge in [-0.05, 0) is 31.6 Å². The first-order valence-electron chi connectivity index (χ1n) is 12.6. The van der Waals surface area contributed by atoms with Crippen LogP contribution < -0.4 is 0 Å². The molecule has 2 bridgehead atoms. The first kappa shape index (κ1) is 26.8. The van der Waals surface area contributed by atoms with Crippen LogP contribution in [-0.4, -0.2) is 93.4 Å². The van der Waals surface area contributed by atoms with Crippen molar-refractivity contribution in [3.05, 3.63) is 25.3 Å². The van der Waals surface area contributed by atoms with E-state index in [-0.39, 0.29) is 35.5 Å². The van der Waals surface area contributed by atoms with Crippen LogP contribution in [0.3, 0.4) is 0 Å². The summed E-state index contributed by atoms with van der Waals surface area (Å²) in [5.74, 6) is -0.885. The molecule has 0 aromatic carbocycles. The molecule has 34 heavy (non-hydrogen) atoms. The normalized spacial score (nSPS) is 31.5. The number of carbonyl (C=O) groups excluding carboxylic acids is 3. The van der Waals surface area contributed by atoms with E-state index in [9.17, 15) is 19.5 Å². The number of aliphatic hydroxyl groups is 1. The molecule has 3 aliphatic heterocycles. The van der Waals surface area contributed by atoms with Gasteiger partial charge in [-0.25, -0.2) is 0 Å². The summed E-state index contributed by atoms with van der Waals surface area (Å²) in [5, 5.41) is 9.36. The molecule has 3 unspecified atom stereocenters. The monoisotopic (exact) mass is 491 g/mol. The fourth-order valence-electron chi connectivity index (χ4n) is 6.22. The fraction of sp³-hybridized carbons (Fsp3) is 0.731. The van der Waals surface area contributed by atoms with E-state index in [0.29, 0.717) is 39.0 Å². The van der Waals surface area contributed by atoms with Gasteiger partial charge in [0, 0.05) is 45.1 Å². The van der Waals surface area contributed by atoms with E-state index >= 15 is 0 Å². The molecular weight excluding hydrogens is 450 g/mol. The summed E-state index contributed by atoms with van der Waals surface area (Å²) in [6.07, 6.45) is 7.33. The highest BCUT2D eigenvalue weighted by atomic mass is 32.2. The van der Waals surface area contributed by atoms with Gasteiger partial charge in [0.2, 0.25) is 17.7 Å². The summed E-state index contributed by atoms with van der Waals surface area (Å²) < 4.78 is -0.598. The Morgan fingerprint density at radius 2 is 1.91 bits per heavy atom. The Hall–Kier alpha value is -1.80. The van der Waals surface area contributed by atoms with Gasteiger partial charge in [-0.1, -0.05) is 32.4 Å². The molecule has 7 nitrogen and oxygen atoms in total. The van der Waals surface area contributed by atoms with Gasteiger partial charge in [0.15, 0.2) is 0 Å². The van der Waals surface area contributed by atoms with Crippen molar-refractivity contribution in [2.24, 2.45) is 17.8 Å². The van der Waals surface area contributed by atoms with Crippen LogP contribution in [0.1, 0.15) is 46.0 Å². The molecule has 0 saturated carbocycles. The van der Waals surface area contributed by atoms with Crippen LogP contribution >= 0.6 is 11.8 Å². The fourth-order valence-corrected chi connectivity index (χ4v) is 8.63. The van der Waals surface area contributed by atoms with Crippen molar-refractivity contribution in [1.29, 1.82) is 0 Å². The highest BCUT2D eigenvalue weighted by molar-refractivity contribution is 8.02. The van der Waals surface area contributed by atoms with Gasteiger partial charge in [0.25, 0.3) is 0 Å². The smallest absolute Gasteiger partial charge is 0.247 e. The van der Waals surface area contributed by atoms with Crippen LogP contribution in [0.25, 0.3) is 0 Å². The van der Waals surface area contributed by atoms with Crippen LogP contribution in [0.15, 0.2) is 25.3 Å². The highest BCUT2D eigenvalue weighted by Crippen LogP contribution is 2.68. The number of likely N-dealkylation sites (tertiary alicyclic amines) is 1. The topological polar surface area (TPSA) is 81.2 Å². The van der Waals surface area contributed by atoms with Crippen LogP contribution in [-0.2, 0) is 14.4 Å². The number of amides is 3. The summed E-state index contributed by atoms with van der Waals surface area (Å²) >= 11 is 1.71. The molecule has 6 atom stereocenters. The van der Waals surface area contributed by atoms with Gasteiger partial charge in [0.05, 0.1) is 16.6 Å². The van der Waals surface area contributed by atoms with Gasteiger partial charge in [-0.2, -0.15) is 0 Å². The van der Waals surface area contributed by atoms with Crippen molar-refractivity contribution in [2.75, 3.05) is 39.8 Å². The maximum atomic E-state index is 14.1. The van der Waals surface area contributed by atoms with Gasteiger partial charge in [-0.3, -0.25) is 14.4 Å². The van der Waals surface area contributed by atoms with E-state index < -0.39 is 22.6 Å². The van der Waals surface area contributed by atoms with E-state index in [1.807, 2.05) is 4.90 Å². The maximum absolute atomic E-state index is 14.1. The lowest BCUT2D eigenvalue weighted by Crippen LogP contribution is -2.57. The van der Waals surface area contributed by atoms with E-state index in [1.165, 1.54) is 0 Å². The summed E-state index contributed by atoms with van der Waals surface area (Å²) in [6, 6.07) is -0.590. The number of carbonyl (C=O) groups is 3. The zero-order valence-electron chi connectivity index (χ0n) is 20.9. The minimum absolute atomic E-state index is 0.0261.